The van der Waals surface area contributed by atoms with Gasteiger partial charge in [0.25, 0.3) is 0 Å². The largest absolute Gasteiger partial charge is 0.418 e. The van der Waals surface area contributed by atoms with Crippen molar-refractivity contribution in [3.8, 4) is 6.07 Å². The van der Waals surface area contributed by atoms with Gasteiger partial charge in [-0.15, -0.1) is 11.8 Å². The molecule has 2 heterocycles. The van der Waals surface area contributed by atoms with Gasteiger partial charge in [0.15, 0.2) is 0 Å². The Morgan fingerprint density at radius 1 is 1.16 bits per heavy atom. The van der Waals surface area contributed by atoms with Gasteiger partial charge in [0.05, 0.1) is 22.2 Å². The number of nitriles is 1. The predicted molar refractivity (Wildman–Crippen MR) is 118 cm³/mol. The highest BCUT2D eigenvalue weighted by atomic mass is 32.2. The summed E-state index contributed by atoms with van der Waals surface area (Å²) >= 11 is 1.16. The maximum atomic E-state index is 14.0. The lowest BCUT2D eigenvalue weighted by Crippen LogP contribution is -2.18. The standard InChI is InChI=1S/C23H23F3N4OS/c24-23(25,26)20-15-8-3-1-2-4-9-17(15)28-21(16(20)14-27)32-13-7-12-30-19-11-6-5-10-18(19)29-22(30)31/h5-6,10-11H,1-4,7-9,12-13H2,(H,29,31). The summed E-state index contributed by atoms with van der Waals surface area (Å²) in [5.41, 5.74) is 0.824. The van der Waals surface area contributed by atoms with E-state index in [0.29, 0.717) is 43.7 Å². The van der Waals surface area contributed by atoms with E-state index >= 15 is 0 Å². The zero-order valence-corrected chi connectivity index (χ0v) is 18.3. The normalized spacial score (nSPS) is 14.6. The number of fused-ring (bicyclic) bond motifs is 2. The number of nitrogens with zero attached hydrogens (tertiary/aromatic N) is 3. The van der Waals surface area contributed by atoms with Crippen LogP contribution < -0.4 is 5.69 Å². The van der Waals surface area contributed by atoms with Crippen molar-refractivity contribution < 1.29 is 13.2 Å². The molecule has 0 unspecified atom stereocenters. The van der Waals surface area contributed by atoms with Gasteiger partial charge in [0, 0.05) is 18.0 Å². The molecule has 0 fully saturated rings. The maximum Gasteiger partial charge on any atom is 0.418 e. The van der Waals surface area contributed by atoms with Gasteiger partial charge in [0.1, 0.15) is 11.1 Å². The molecule has 168 valence electrons. The van der Waals surface area contributed by atoms with Crippen LogP contribution in [0.5, 0.6) is 0 Å². The Labute approximate surface area is 187 Å². The Bertz CT molecular complexity index is 1220. The minimum absolute atomic E-state index is 0.144. The number of nitrogens with one attached hydrogen (secondary N) is 1. The fourth-order valence-electron chi connectivity index (χ4n) is 4.31. The summed E-state index contributed by atoms with van der Waals surface area (Å²) in [7, 11) is 0. The summed E-state index contributed by atoms with van der Waals surface area (Å²) in [4.78, 5) is 19.5. The van der Waals surface area contributed by atoms with Gasteiger partial charge in [-0.3, -0.25) is 4.57 Å². The Kier molecular flexibility index (Phi) is 6.60. The smallest absolute Gasteiger partial charge is 0.306 e. The quantitative estimate of drug-likeness (QED) is 0.406. The monoisotopic (exact) mass is 460 g/mol. The number of imidazole rings is 1. The van der Waals surface area contributed by atoms with Crippen LogP contribution in [-0.2, 0) is 25.6 Å². The van der Waals surface area contributed by atoms with E-state index in [-0.39, 0.29) is 21.8 Å². The third-order valence-electron chi connectivity index (χ3n) is 5.78. The molecule has 1 aliphatic rings. The van der Waals surface area contributed by atoms with Gasteiger partial charge in [0.2, 0.25) is 0 Å². The number of rotatable bonds is 5. The van der Waals surface area contributed by atoms with Crippen LogP contribution in [0.4, 0.5) is 13.2 Å². The minimum Gasteiger partial charge on any atom is -0.306 e. The van der Waals surface area contributed by atoms with E-state index in [1.165, 1.54) is 0 Å². The van der Waals surface area contributed by atoms with Crippen LogP contribution in [0.2, 0.25) is 0 Å². The Balaban J connectivity index is 1.58. The van der Waals surface area contributed by atoms with Crippen LogP contribution >= 0.6 is 11.8 Å². The van der Waals surface area contributed by atoms with Crippen LogP contribution in [0.25, 0.3) is 11.0 Å². The molecule has 0 spiro atoms. The van der Waals surface area contributed by atoms with Gasteiger partial charge in [-0.1, -0.05) is 25.0 Å². The number of hydrogen-bond donors (Lipinski definition) is 1. The molecule has 0 aliphatic heterocycles. The summed E-state index contributed by atoms with van der Waals surface area (Å²) in [6, 6.07) is 9.14. The number of benzene rings is 1. The molecule has 5 nitrogen and oxygen atoms in total. The van der Waals surface area contributed by atoms with Crippen molar-refractivity contribution in [2.45, 2.75) is 62.7 Å². The summed E-state index contributed by atoms with van der Waals surface area (Å²) in [5.74, 6) is 0.448. The minimum atomic E-state index is -4.59. The Morgan fingerprint density at radius 2 is 1.91 bits per heavy atom. The van der Waals surface area contributed by atoms with Crippen molar-refractivity contribution >= 4 is 22.8 Å². The first-order valence-corrected chi connectivity index (χ1v) is 11.7. The van der Waals surface area contributed by atoms with Crippen LogP contribution in [0.15, 0.2) is 34.1 Å². The highest BCUT2D eigenvalue weighted by Crippen LogP contribution is 2.40. The van der Waals surface area contributed by atoms with Crippen molar-refractivity contribution in [1.29, 1.82) is 5.26 Å². The lowest BCUT2D eigenvalue weighted by Gasteiger charge is -2.21. The lowest BCUT2D eigenvalue weighted by molar-refractivity contribution is -0.138. The number of thioether (sulfide) groups is 1. The van der Waals surface area contributed by atoms with Crippen molar-refractivity contribution in [2.24, 2.45) is 0 Å². The first-order chi connectivity index (χ1) is 15.4. The van der Waals surface area contributed by atoms with E-state index in [1.54, 1.807) is 10.6 Å². The van der Waals surface area contributed by atoms with E-state index in [0.717, 1.165) is 42.1 Å². The molecule has 1 N–H and O–H groups in total. The zero-order valence-electron chi connectivity index (χ0n) is 17.5. The van der Waals surface area contributed by atoms with E-state index in [9.17, 15) is 23.2 Å². The third kappa shape index (κ3) is 4.56. The third-order valence-corrected chi connectivity index (χ3v) is 6.84. The molecule has 1 aliphatic carbocycles. The molecular formula is C23H23F3N4OS. The highest BCUT2D eigenvalue weighted by molar-refractivity contribution is 7.99. The van der Waals surface area contributed by atoms with E-state index in [1.807, 2.05) is 24.3 Å². The van der Waals surface area contributed by atoms with Crippen LogP contribution in [0.1, 0.15) is 54.5 Å². The lowest BCUT2D eigenvalue weighted by atomic mass is 9.91. The molecule has 9 heteroatoms. The second-order valence-corrected chi connectivity index (χ2v) is 9.00. The number of hydrogen-bond acceptors (Lipinski definition) is 4. The summed E-state index contributed by atoms with van der Waals surface area (Å²) in [5, 5.41) is 9.74. The summed E-state index contributed by atoms with van der Waals surface area (Å²) in [6.45, 7) is 0.425. The highest BCUT2D eigenvalue weighted by Gasteiger charge is 2.39. The van der Waals surface area contributed by atoms with Crippen LogP contribution in [-0.4, -0.2) is 20.3 Å². The number of para-hydroxylation sites is 2. The van der Waals surface area contributed by atoms with Crippen molar-refractivity contribution in [1.82, 2.24) is 14.5 Å². The Morgan fingerprint density at radius 3 is 2.66 bits per heavy atom. The van der Waals surface area contributed by atoms with Gasteiger partial charge in [-0.25, -0.2) is 9.78 Å². The first kappa shape index (κ1) is 22.5. The summed E-state index contributed by atoms with van der Waals surface area (Å²) in [6.07, 6.45) is 0.113. The average Bonchev–Trinajstić information content (AvgIpc) is 3.05. The predicted octanol–water partition coefficient (Wildman–Crippen LogP) is 5.46. The molecule has 0 atom stereocenters. The van der Waals surface area contributed by atoms with Gasteiger partial charge in [-0.2, -0.15) is 18.4 Å². The number of aryl methyl sites for hydroxylation is 2. The molecule has 3 aromatic rings. The zero-order chi connectivity index (χ0) is 22.7. The number of H-pyrrole nitrogens is 1. The fraction of sp³-hybridized carbons (Fsp3) is 0.435. The maximum absolute atomic E-state index is 14.0. The molecule has 0 bridgehead atoms. The molecular weight excluding hydrogens is 437 g/mol. The molecule has 0 amide bonds. The topological polar surface area (TPSA) is 74.5 Å². The SMILES string of the molecule is N#Cc1c(SCCCn2c(=O)[nH]c3ccccc32)nc2c(c1C(F)(F)F)CCCCCC2. The second kappa shape index (κ2) is 9.41. The van der Waals surface area contributed by atoms with Crippen LogP contribution in [0, 0.1) is 11.3 Å². The van der Waals surface area contributed by atoms with Gasteiger partial charge >= 0.3 is 11.9 Å². The molecule has 1 aromatic carbocycles. The molecule has 0 saturated heterocycles. The molecule has 0 saturated carbocycles. The van der Waals surface area contributed by atoms with Crippen molar-refractivity contribution in [2.75, 3.05) is 5.75 Å². The number of pyridine rings is 1. The Hall–Kier alpha value is -2.73. The number of aromatic nitrogens is 3. The first-order valence-electron chi connectivity index (χ1n) is 10.7. The number of aromatic amines is 1. The van der Waals surface area contributed by atoms with E-state index in [2.05, 4.69) is 9.97 Å². The van der Waals surface area contributed by atoms with Crippen molar-refractivity contribution in [3.63, 3.8) is 0 Å². The van der Waals surface area contributed by atoms with E-state index in [4.69, 9.17) is 0 Å². The van der Waals surface area contributed by atoms with E-state index < -0.39 is 11.7 Å². The number of halogens is 3. The van der Waals surface area contributed by atoms with Crippen molar-refractivity contribution in [3.05, 3.63) is 57.1 Å². The molecule has 4 rings (SSSR count). The number of alkyl halides is 3. The molecule has 0 radical (unpaired) electrons. The van der Waals surface area contributed by atoms with Gasteiger partial charge in [-0.05, 0) is 49.8 Å². The van der Waals surface area contributed by atoms with Crippen LogP contribution in [0.3, 0.4) is 0 Å². The average molecular weight is 461 g/mol. The molecule has 32 heavy (non-hydrogen) atoms. The van der Waals surface area contributed by atoms with Gasteiger partial charge < -0.3 is 4.98 Å². The second-order valence-electron chi connectivity index (χ2n) is 7.92. The fourth-order valence-corrected chi connectivity index (χ4v) is 5.25. The molecule has 2 aromatic heterocycles. The summed E-state index contributed by atoms with van der Waals surface area (Å²) < 4.78 is 43.5.